The first-order valence-corrected chi connectivity index (χ1v) is 6.43. The van der Waals surface area contributed by atoms with Crippen molar-refractivity contribution in [2.24, 2.45) is 5.92 Å². The predicted octanol–water partition coefficient (Wildman–Crippen LogP) is 2.92. The number of hydrogen-bond donors (Lipinski definition) is 1. The molecule has 1 saturated heterocycles. The van der Waals surface area contributed by atoms with E-state index in [1.54, 1.807) is 6.92 Å². The van der Waals surface area contributed by atoms with Crippen molar-refractivity contribution in [1.29, 1.82) is 0 Å². The first-order valence-electron chi connectivity index (χ1n) is 6.43. The minimum atomic E-state index is -4.34. The summed E-state index contributed by atoms with van der Waals surface area (Å²) in [7, 11) is 0. The minimum absolute atomic E-state index is 0.116. The fourth-order valence-electron chi connectivity index (χ4n) is 2.12. The van der Waals surface area contributed by atoms with Gasteiger partial charge in [-0.15, -0.1) is 0 Å². The molecule has 110 valence electrons. The van der Waals surface area contributed by atoms with Crippen molar-refractivity contribution in [3.63, 3.8) is 0 Å². The maximum Gasteiger partial charge on any atom is 0.416 e. The molecule has 1 amide bonds. The summed E-state index contributed by atoms with van der Waals surface area (Å²) in [6, 6.07) is 4.50. The number of carbonyl (C=O) groups excluding carboxylic acids is 1. The van der Waals surface area contributed by atoms with Gasteiger partial charge in [-0.25, -0.2) is 0 Å². The Kier molecular flexibility index (Phi) is 4.32. The van der Waals surface area contributed by atoms with E-state index < -0.39 is 11.7 Å². The van der Waals surface area contributed by atoms with Crippen molar-refractivity contribution in [3.8, 4) is 0 Å². The third-order valence-electron chi connectivity index (χ3n) is 3.40. The Hall–Kier alpha value is -1.56. The summed E-state index contributed by atoms with van der Waals surface area (Å²) in [5.41, 5.74) is -0.0470. The van der Waals surface area contributed by atoms with Gasteiger partial charge in [0.15, 0.2) is 0 Å². The molecular weight excluding hydrogens is 271 g/mol. The number of alkyl halides is 3. The molecular formula is C14H16F3NO2. The maximum absolute atomic E-state index is 12.5. The van der Waals surface area contributed by atoms with Crippen molar-refractivity contribution in [3.05, 3.63) is 35.4 Å². The van der Waals surface area contributed by atoms with Gasteiger partial charge in [0.05, 0.1) is 24.1 Å². The normalized spacial score (nSPS) is 20.7. The number of benzene rings is 1. The minimum Gasteiger partial charge on any atom is -0.381 e. The molecule has 0 aromatic heterocycles. The summed E-state index contributed by atoms with van der Waals surface area (Å²) in [4.78, 5) is 11.9. The van der Waals surface area contributed by atoms with E-state index >= 15 is 0 Å². The number of nitrogens with one attached hydrogen (secondary N) is 1. The van der Waals surface area contributed by atoms with E-state index in [9.17, 15) is 18.0 Å². The Morgan fingerprint density at radius 2 is 2.00 bits per heavy atom. The summed E-state index contributed by atoms with van der Waals surface area (Å²) < 4.78 is 42.5. The van der Waals surface area contributed by atoms with Crippen LogP contribution in [0.4, 0.5) is 13.2 Å². The van der Waals surface area contributed by atoms with Gasteiger partial charge in [-0.1, -0.05) is 12.1 Å². The molecule has 0 aliphatic carbocycles. The molecule has 1 aromatic rings. The van der Waals surface area contributed by atoms with Crippen LogP contribution in [-0.2, 0) is 15.7 Å². The van der Waals surface area contributed by atoms with Crippen LogP contribution >= 0.6 is 0 Å². The highest BCUT2D eigenvalue weighted by Crippen LogP contribution is 2.30. The van der Waals surface area contributed by atoms with Gasteiger partial charge >= 0.3 is 6.18 Å². The van der Waals surface area contributed by atoms with Gasteiger partial charge in [-0.2, -0.15) is 13.2 Å². The number of amides is 1. The van der Waals surface area contributed by atoms with Crippen LogP contribution in [0.2, 0.25) is 0 Å². The molecule has 1 aliphatic heterocycles. The van der Waals surface area contributed by atoms with Crippen molar-refractivity contribution in [2.75, 3.05) is 13.2 Å². The predicted molar refractivity (Wildman–Crippen MR) is 66.9 cm³/mol. The molecule has 0 saturated carbocycles. The standard InChI is InChI=1S/C14H16F3NO2/c1-9(18-13(19)11-6-7-20-8-11)10-2-4-12(5-3-10)14(15,16)17/h2-5,9,11H,6-8H2,1H3,(H,18,19). The number of halogens is 3. The van der Waals surface area contributed by atoms with E-state index in [0.717, 1.165) is 12.1 Å². The Balaban J connectivity index is 1.98. The Morgan fingerprint density at radius 1 is 1.35 bits per heavy atom. The van der Waals surface area contributed by atoms with E-state index in [-0.39, 0.29) is 17.9 Å². The number of carbonyl (C=O) groups is 1. The van der Waals surface area contributed by atoms with Crippen LogP contribution in [0.15, 0.2) is 24.3 Å². The lowest BCUT2D eigenvalue weighted by atomic mass is 10.0. The molecule has 1 fully saturated rings. The number of rotatable bonds is 3. The fourth-order valence-corrected chi connectivity index (χ4v) is 2.12. The largest absolute Gasteiger partial charge is 0.416 e. The summed E-state index contributed by atoms with van der Waals surface area (Å²) in [6.45, 7) is 2.73. The van der Waals surface area contributed by atoms with Gasteiger partial charge in [-0.05, 0) is 31.0 Å². The van der Waals surface area contributed by atoms with E-state index in [1.165, 1.54) is 12.1 Å². The Morgan fingerprint density at radius 3 is 2.50 bits per heavy atom. The zero-order valence-corrected chi connectivity index (χ0v) is 11.0. The van der Waals surface area contributed by atoms with Crippen LogP contribution in [0, 0.1) is 5.92 Å². The van der Waals surface area contributed by atoms with Crippen LogP contribution in [0.25, 0.3) is 0 Å². The lowest BCUT2D eigenvalue weighted by Crippen LogP contribution is -2.33. The summed E-state index contributed by atoms with van der Waals surface area (Å²) >= 11 is 0. The molecule has 2 atom stereocenters. The average molecular weight is 287 g/mol. The second-order valence-electron chi connectivity index (χ2n) is 4.91. The molecule has 2 rings (SSSR count). The van der Waals surface area contributed by atoms with Gasteiger partial charge in [0.25, 0.3) is 0 Å². The maximum atomic E-state index is 12.5. The van der Waals surface area contributed by atoms with Crippen LogP contribution in [0.3, 0.4) is 0 Å². The van der Waals surface area contributed by atoms with Crippen molar-refractivity contribution >= 4 is 5.91 Å². The van der Waals surface area contributed by atoms with Crippen molar-refractivity contribution < 1.29 is 22.7 Å². The molecule has 1 aromatic carbocycles. The SMILES string of the molecule is CC(NC(=O)C1CCOC1)c1ccc(C(F)(F)F)cc1. The van der Waals surface area contributed by atoms with Crippen LogP contribution in [0.5, 0.6) is 0 Å². The quantitative estimate of drug-likeness (QED) is 0.928. The highest BCUT2D eigenvalue weighted by molar-refractivity contribution is 5.79. The first kappa shape index (κ1) is 14.8. The third-order valence-corrected chi connectivity index (χ3v) is 3.40. The lowest BCUT2D eigenvalue weighted by molar-refractivity contribution is -0.137. The van der Waals surface area contributed by atoms with Crippen molar-refractivity contribution in [1.82, 2.24) is 5.32 Å². The second kappa shape index (κ2) is 5.83. The van der Waals surface area contributed by atoms with Gasteiger partial charge in [0.1, 0.15) is 0 Å². The summed E-state index contributed by atoms with van der Waals surface area (Å²) in [6.07, 6.45) is -3.65. The highest BCUT2D eigenvalue weighted by atomic mass is 19.4. The van der Waals surface area contributed by atoms with Gasteiger partial charge in [0.2, 0.25) is 5.91 Å². The van der Waals surface area contributed by atoms with E-state index in [2.05, 4.69) is 5.32 Å². The first-order chi connectivity index (χ1) is 9.38. The fraction of sp³-hybridized carbons (Fsp3) is 0.500. The smallest absolute Gasteiger partial charge is 0.381 e. The molecule has 0 spiro atoms. The summed E-state index contributed by atoms with van der Waals surface area (Å²) in [5.74, 6) is -0.276. The number of hydrogen-bond acceptors (Lipinski definition) is 2. The molecule has 3 nitrogen and oxygen atoms in total. The molecule has 1 N–H and O–H groups in total. The Bertz CT molecular complexity index is 464. The lowest BCUT2D eigenvalue weighted by Gasteiger charge is -2.17. The highest BCUT2D eigenvalue weighted by Gasteiger charge is 2.30. The molecule has 6 heteroatoms. The third kappa shape index (κ3) is 3.50. The van der Waals surface area contributed by atoms with Crippen molar-refractivity contribution in [2.45, 2.75) is 25.6 Å². The number of ether oxygens (including phenoxy) is 1. The monoisotopic (exact) mass is 287 g/mol. The van der Waals surface area contributed by atoms with Gasteiger partial charge in [0, 0.05) is 6.61 Å². The van der Waals surface area contributed by atoms with Crippen LogP contribution in [0.1, 0.15) is 30.5 Å². The zero-order chi connectivity index (χ0) is 14.8. The zero-order valence-electron chi connectivity index (χ0n) is 11.0. The average Bonchev–Trinajstić information content (AvgIpc) is 2.91. The molecule has 1 aliphatic rings. The topological polar surface area (TPSA) is 38.3 Å². The Labute approximate surface area is 115 Å². The molecule has 0 radical (unpaired) electrons. The van der Waals surface area contributed by atoms with Gasteiger partial charge < -0.3 is 10.1 Å². The van der Waals surface area contributed by atoms with Gasteiger partial charge in [-0.3, -0.25) is 4.79 Å². The molecule has 1 heterocycles. The summed E-state index contributed by atoms with van der Waals surface area (Å²) in [5, 5.41) is 2.80. The van der Waals surface area contributed by atoms with Crippen LogP contribution in [-0.4, -0.2) is 19.1 Å². The van der Waals surface area contributed by atoms with E-state index in [1.807, 2.05) is 0 Å². The second-order valence-corrected chi connectivity index (χ2v) is 4.91. The van der Waals surface area contributed by atoms with Crippen LogP contribution < -0.4 is 5.32 Å². The van der Waals surface area contributed by atoms with E-state index in [4.69, 9.17) is 4.74 Å². The molecule has 0 bridgehead atoms. The molecule has 20 heavy (non-hydrogen) atoms. The van der Waals surface area contributed by atoms with E-state index in [0.29, 0.717) is 25.2 Å². The molecule has 2 unspecified atom stereocenters.